The summed E-state index contributed by atoms with van der Waals surface area (Å²) in [6.07, 6.45) is 1.63. The lowest BCUT2D eigenvalue weighted by atomic mass is 10.1. The van der Waals surface area contributed by atoms with E-state index in [0.717, 1.165) is 30.0 Å². The van der Waals surface area contributed by atoms with Crippen LogP contribution in [0.5, 0.6) is 5.75 Å². The van der Waals surface area contributed by atoms with Crippen molar-refractivity contribution in [2.24, 2.45) is 0 Å². The van der Waals surface area contributed by atoms with Gasteiger partial charge in [-0.2, -0.15) is 5.10 Å². The minimum absolute atomic E-state index is 0.174. The first-order valence-electron chi connectivity index (χ1n) is 10.1. The van der Waals surface area contributed by atoms with Crippen LogP contribution in [-0.2, 0) is 0 Å². The lowest BCUT2D eigenvalue weighted by Crippen LogP contribution is -2.22. The quantitative estimate of drug-likeness (QED) is 0.579. The lowest BCUT2D eigenvalue weighted by Gasteiger charge is -2.22. The molecule has 0 saturated carbocycles. The molecule has 0 saturated heterocycles. The zero-order chi connectivity index (χ0) is 21.7. The van der Waals surface area contributed by atoms with Gasteiger partial charge in [0.05, 0.1) is 18.5 Å². The summed E-state index contributed by atoms with van der Waals surface area (Å²) in [5.41, 5.74) is 3.61. The second-order valence-corrected chi connectivity index (χ2v) is 6.82. The van der Waals surface area contributed by atoms with E-state index in [1.807, 2.05) is 26.0 Å². The van der Waals surface area contributed by atoms with Gasteiger partial charge in [-0.15, -0.1) is 0 Å². The number of carbonyl (C=O) groups excluding carboxylic acids is 1. The number of anilines is 2. The average molecular weight is 410 g/mol. The molecule has 1 amide bonds. The molecule has 3 rings (SSSR count). The number of halogens is 1. The monoisotopic (exact) mass is 410 g/mol. The highest BCUT2D eigenvalue weighted by molar-refractivity contribution is 6.05. The van der Waals surface area contributed by atoms with Crippen LogP contribution < -0.4 is 15.0 Å². The van der Waals surface area contributed by atoms with Crippen LogP contribution in [0.3, 0.4) is 0 Å². The molecule has 0 fully saturated rings. The molecule has 0 aliphatic carbocycles. The Labute approximate surface area is 176 Å². The molecule has 3 aromatic rings. The molecular formula is C23H27FN4O2. The minimum atomic E-state index is -0.363. The molecule has 2 aromatic carbocycles. The Morgan fingerprint density at radius 2 is 1.83 bits per heavy atom. The molecule has 30 heavy (non-hydrogen) atoms. The highest BCUT2D eigenvalue weighted by Crippen LogP contribution is 2.25. The molecule has 0 bridgehead atoms. The van der Waals surface area contributed by atoms with Gasteiger partial charge >= 0.3 is 0 Å². The van der Waals surface area contributed by atoms with Crippen LogP contribution in [0.4, 0.5) is 15.8 Å². The molecule has 0 radical (unpaired) electrons. The van der Waals surface area contributed by atoms with Crippen molar-refractivity contribution >= 4 is 17.3 Å². The summed E-state index contributed by atoms with van der Waals surface area (Å²) in [4.78, 5) is 15.2. The molecular weight excluding hydrogens is 383 g/mol. The van der Waals surface area contributed by atoms with Gasteiger partial charge in [0.15, 0.2) is 11.4 Å². The van der Waals surface area contributed by atoms with E-state index in [4.69, 9.17) is 4.74 Å². The number of aromatic nitrogens is 2. The third kappa shape index (κ3) is 4.62. The Hall–Kier alpha value is -3.35. The van der Waals surface area contributed by atoms with Crippen molar-refractivity contribution in [1.29, 1.82) is 0 Å². The van der Waals surface area contributed by atoms with Crippen LogP contribution >= 0.6 is 0 Å². The first-order valence-corrected chi connectivity index (χ1v) is 10.1. The number of amides is 1. The molecule has 6 nitrogen and oxygen atoms in total. The lowest BCUT2D eigenvalue weighted by molar-refractivity contribution is 0.101. The van der Waals surface area contributed by atoms with E-state index in [1.54, 1.807) is 18.3 Å². The number of nitrogens with one attached hydrogen (secondary N) is 1. The molecule has 0 aliphatic heterocycles. The number of rotatable bonds is 8. The molecule has 0 atom stereocenters. The van der Waals surface area contributed by atoms with Crippen LogP contribution in [0.15, 0.2) is 48.7 Å². The molecule has 158 valence electrons. The Morgan fingerprint density at radius 1 is 1.13 bits per heavy atom. The summed E-state index contributed by atoms with van der Waals surface area (Å²) < 4.78 is 20.3. The maximum Gasteiger partial charge on any atom is 0.280 e. The summed E-state index contributed by atoms with van der Waals surface area (Å²) in [6.45, 7) is 10.3. The standard InChI is InChI=1S/C23H27FN4O2/c1-5-27(6-2)19-12-13-20(16(4)14-19)25-23(29)22-21(30-7-3)15-28(26-22)18-10-8-17(24)9-11-18/h8-15H,5-7H2,1-4H3,(H,25,29). The van der Waals surface area contributed by atoms with E-state index in [1.165, 1.54) is 16.8 Å². The molecule has 7 heteroatoms. The van der Waals surface area contributed by atoms with E-state index < -0.39 is 0 Å². The number of aryl methyl sites for hydroxylation is 1. The van der Waals surface area contributed by atoms with Gasteiger partial charge in [0.1, 0.15) is 5.82 Å². The third-order valence-corrected chi connectivity index (χ3v) is 4.87. The van der Waals surface area contributed by atoms with Gasteiger partial charge < -0.3 is 15.0 Å². The van der Waals surface area contributed by atoms with E-state index in [9.17, 15) is 9.18 Å². The van der Waals surface area contributed by atoms with Gasteiger partial charge in [0.25, 0.3) is 5.91 Å². The summed E-state index contributed by atoms with van der Waals surface area (Å²) in [5.74, 6) is -0.327. The van der Waals surface area contributed by atoms with Gasteiger partial charge in [-0.1, -0.05) is 0 Å². The van der Waals surface area contributed by atoms with Gasteiger partial charge in [-0.05, 0) is 75.7 Å². The normalized spacial score (nSPS) is 10.7. The highest BCUT2D eigenvalue weighted by atomic mass is 19.1. The summed E-state index contributed by atoms with van der Waals surface area (Å²) in [5, 5.41) is 7.30. The number of carbonyl (C=O) groups is 1. The molecule has 1 heterocycles. The van der Waals surface area contributed by atoms with Crippen molar-refractivity contribution in [2.75, 3.05) is 29.9 Å². The van der Waals surface area contributed by atoms with Crippen LogP contribution in [0.2, 0.25) is 0 Å². The molecule has 1 N–H and O–H groups in total. The topological polar surface area (TPSA) is 59.4 Å². The second kappa shape index (κ2) is 9.43. The Kier molecular flexibility index (Phi) is 6.72. The number of hydrogen-bond acceptors (Lipinski definition) is 4. The zero-order valence-electron chi connectivity index (χ0n) is 17.8. The van der Waals surface area contributed by atoms with Crippen molar-refractivity contribution in [3.63, 3.8) is 0 Å². The highest BCUT2D eigenvalue weighted by Gasteiger charge is 2.20. The fourth-order valence-corrected chi connectivity index (χ4v) is 3.26. The van der Waals surface area contributed by atoms with Crippen LogP contribution in [0.1, 0.15) is 36.8 Å². The Balaban J connectivity index is 1.86. The number of benzene rings is 2. The van der Waals surface area contributed by atoms with Gasteiger partial charge in [0, 0.05) is 24.5 Å². The number of ether oxygens (including phenoxy) is 1. The van der Waals surface area contributed by atoms with Crippen molar-refractivity contribution in [2.45, 2.75) is 27.7 Å². The summed E-state index contributed by atoms with van der Waals surface area (Å²) in [6, 6.07) is 11.8. The second-order valence-electron chi connectivity index (χ2n) is 6.82. The van der Waals surface area contributed by atoms with Crippen LogP contribution in [0, 0.1) is 12.7 Å². The SMILES string of the molecule is CCOc1cn(-c2ccc(F)cc2)nc1C(=O)Nc1ccc(N(CC)CC)cc1C. The van der Waals surface area contributed by atoms with Crippen LogP contribution in [-0.4, -0.2) is 35.4 Å². The Bertz CT molecular complexity index is 1010. The van der Waals surface area contributed by atoms with E-state index in [-0.39, 0.29) is 17.4 Å². The van der Waals surface area contributed by atoms with E-state index >= 15 is 0 Å². The molecule has 0 aliphatic rings. The van der Waals surface area contributed by atoms with Gasteiger partial charge in [0.2, 0.25) is 0 Å². The maximum atomic E-state index is 13.2. The number of nitrogens with zero attached hydrogens (tertiary/aromatic N) is 3. The van der Waals surface area contributed by atoms with E-state index in [0.29, 0.717) is 18.0 Å². The molecule has 1 aromatic heterocycles. The Morgan fingerprint density at radius 3 is 2.43 bits per heavy atom. The zero-order valence-corrected chi connectivity index (χ0v) is 17.8. The third-order valence-electron chi connectivity index (χ3n) is 4.87. The largest absolute Gasteiger partial charge is 0.490 e. The first-order chi connectivity index (χ1) is 14.5. The smallest absolute Gasteiger partial charge is 0.280 e. The number of hydrogen-bond donors (Lipinski definition) is 1. The summed E-state index contributed by atoms with van der Waals surface area (Å²) >= 11 is 0. The minimum Gasteiger partial charge on any atom is -0.490 e. The van der Waals surface area contributed by atoms with Crippen molar-refractivity contribution in [1.82, 2.24) is 9.78 Å². The summed E-state index contributed by atoms with van der Waals surface area (Å²) in [7, 11) is 0. The van der Waals surface area contributed by atoms with E-state index in [2.05, 4.69) is 35.2 Å². The first kappa shape index (κ1) is 21.4. The fraction of sp³-hybridized carbons (Fsp3) is 0.304. The predicted octanol–water partition coefficient (Wildman–Crippen LogP) is 4.82. The van der Waals surface area contributed by atoms with Crippen molar-refractivity contribution < 1.29 is 13.9 Å². The van der Waals surface area contributed by atoms with Gasteiger partial charge in [-0.25, -0.2) is 9.07 Å². The fourth-order valence-electron chi connectivity index (χ4n) is 3.26. The average Bonchev–Trinajstić information content (AvgIpc) is 3.15. The molecule has 0 unspecified atom stereocenters. The maximum absolute atomic E-state index is 13.2. The van der Waals surface area contributed by atoms with Crippen molar-refractivity contribution in [3.05, 3.63) is 65.7 Å². The molecule has 0 spiro atoms. The van der Waals surface area contributed by atoms with Crippen LogP contribution in [0.25, 0.3) is 5.69 Å². The van der Waals surface area contributed by atoms with Crippen molar-refractivity contribution in [3.8, 4) is 11.4 Å². The van der Waals surface area contributed by atoms with Gasteiger partial charge in [-0.3, -0.25) is 4.79 Å². The predicted molar refractivity (Wildman–Crippen MR) is 117 cm³/mol.